The maximum Gasteiger partial charge on any atom is 0.257 e. The number of halogens is 2. The zero-order valence-electron chi connectivity index (χ0n) is 11.2. The summed E-state index contributed by atoms with van der Waals surface area (Å²) in [5, 5.41) is 9.76. The van der Waals surface area contributed by atoms with E-state index in [1.807, 2.05) is 6.07 Å². The molecule has 4 nitrogen and oxygen atoms in total. The van der Waals surface area contributed by atoms with Crippen molar-refractivity contribution in [2.75, 3.05) is 13.2 Å². The van der Waals surface area contributed by atoms with Gasteiger partial charge in [0.1, 0.15) is 0 Å². The highest BCUT2D eigenvalue weighted by molar-refractivity contribution is 6.39. The van der Waals surface area contributed by atoms with E-state index < -0.39 is 0 Å². The van der Waals surface area contributed by atoms with Crippen LogP contribution < -0.4 is 0 Å². The summed E-state index contributed by atoms with van der Waals surface area (Å²) >= 11 is 12.1. The topological polar surface area (TPSA) is 53.4 Å². The van der Waals surface area contributed by atoms with Gasteiger partial charge in [0, 0.05) is 25.5 Å². The second-order valence-electron chi connectivity index (χ2n) is 4.41. The van der Waals surface area contributed by atoms with E-state index in [1.54, 1.807) is 36.7 Å². The minimum Gasteiger partial charge on any atom is -0.395 e. The lowest BCUT2D eigenvalue weighted by Crippen LogP contribution is -2.33. The molecule has 0 saturated carbocycles. The van der Waals surface area contributed by atoms with Gasteiger partial charge in [-0.3, -0.25) is 9.78 Å². The molecular formula is C15H14Cl2N2O2. The van der Waals surface area contributed by atoms with Gasteiger partial charge in [-0.05, 0) is 23.8 Å². The van der Waals surface area contributed by atoms with Crippen LogP contribution in [0.1, 0.15) is 15.9 Å². The molecule has 0 saturated heterocycles. The van der Waals surface area contributed by atoms with Gasteiger partial charge in [-0.25, -0.2) is 0 Å². The molecule has 0 aliphatic rings. The van der Waals surface area contributed by atoms with Crippen LogP contribution in [0, 0.1) is 0 Å². The largest absolute Gasteiger partial charge is 0.395 e. The Kier molecular flexibility index (Phi) is 5.56. The van der Waals surface area contributed by atoms with Gasteiger partial charge in [0.25, 0.3) is 5.91 Å². The molecule has 0 unspecified atom stereocenters. The summed E-state index contributed by atoms with van der Waals surface area (Å²) < 4.78 is 0. The van der Waals surface area contributed by atoms with E-state index in [0.29, 0.717) is 16.6 Å². The molecule has 0 radical (unpaired) electrons. The predicted octanol–water partition coefficient (Wildman–Crippen LogP) is 3.02. The summed E-state index contributed by atoms with van der Waals surface area (Å²) in [5.74, 6) is -0.316. The lowest BCUT2D eigenvalue weighted by atomic mass is 10.1. The summed E-state index contributed by atoms with van der Waals surface area (Å²) in [5.41, 5.74) is 1.11. The number of benzene rings is 1. The molecule has 2 aromatic rings. The van der Waals surface area contributed by atoms with E-state index in [0.717, 1.165) is 5.56 Å². The third kappa shape index (κ3) is 3.94. The van der Waals surface area contributed by atoms with E-state index in [9.17, 15) is 9.90 Å². The molecule has 110 valence electrons. The van der Waals surface area contributed by atoms with Crippen LogP contribution in [0.25, 0.3) is 0 Å². The fourth-order valence-electron chi connectivity index (χ4n) is 1.95. The maximum atomic E-state index is 12.6. The van der Waals surface area contributed by atoms with Gasteiger partial charge in [-0.2, -0.15) is 0 Å². The van der Waals surface area contributed by atoms with E-state index >= 15 is 0 Å². The highest BCUT2D eigenvalue weighted by atomic mass is 35.5. The van der Waals surface area contributed by atoms with Gasteiger partial charge in [0.05, 0.1) is 22.2 Å². The SMILES string of the molecule is O=C(c1c(Cl)cccc1Cl)N(CCO)Cc1cccnc1. The molecule has 1 aromatic carbocycles. The van der Waals surface area contributed by atoms with Crippen LogP contribution >= 0.6 is 23.2 Å². The number of hydrogen-bond acceptors (Lipinski definition) is 3. The van der Waals surface area contributed by atoms with Crippen LogP contribution in [0.2, 0.25) is 10.0 Å². The molecule has 2 rings (SSSR count). The first-order valence-electron chi connectivity index (χ1n) is 6.36. The molecule has 0 atom stereocenters. The fourth-order valence-corrected chi connectivity index (χ4v) is 2.50. The van der Waals surface area contributed by atoms with Crippen molar-refractivity contribution in [3.8, 4) is 0 Å². The van der Waals surface area contributed by atoms with Crippen LogP contribution in [0.5, 0.6) is 0 Å². The van der Waals surface area contributed by atoms with Crippen molar-refractivity contribution < 1.29 is 9.90 Å². The minimum absolute atomic E-state index is 0.145. The number of carbonyl (C=O) groups is 1. The number of pyridine rings is 1. The Bertz CT molecular complexity index is 600. The number of rotatable bonds is 5. The van der Waals surface area contributed by atoms with Crippen molar-refractivity contribution >= 4 is 29.1 Å². The van der Waals surface area contributed by atoms with E-state index in [4.69, 9.17) is 23.2 Å². The molecular weight excluding hydrogens is 311 g/mol. The third-order valence-electron chi connectivity index (χ3n) is 2.93. The Hall–Kier alpha value is -1.62. The molecule has 0 spiro atoms. The number of aromatic nitrogens is 1. The molecule has 1 amide bonds. The van der Waals surface area contributed by atoms with E-state index in [2.05, 4.69) is 4.98 Å². The lowest BCUT2D eigenvalue weighted by Gasteiger charge is -2.22. The van der Waals surface area contributed by atoms with Crippen molar-refractivity contribution in [1.82, 2.24) is 9.88 Å². The molecule has 0 bridgehead atoms. The maximum absolute atomic E-state index is 12.6. The zero-order chi connectivity index (χ0) is 15.2. The van der Waals surface area contributed by atoms with Crippen LogP contribution in [-0.4, -0.2) is 34.0 Å². The predicted molar refractivity (Wildman–Crippen MR) is 82.5 cm³/mol. The summed E-state index contributed by atoms with van der Waals surface area (Å²) in [6.45, 7) is 0.373. The monoisotopic (exact) mass is 324 g/mol. The number of aliphatic hydroxyl groups is 1. The highest BCUT2D eigenvalue weighted by Crippen LogP contribution is 2.26. The molecule has 0 aliphatic heterocycles. The summed E-state index contributed by atoms with van der Waals surface area (Å²) in [6, 6.07) is 8.56. The van der Waals surface area contributed by atoms with Crippen molar-refractivity contribution in [3.05, 3.63) is 63.9 Å². The fraction of sp³-hybridized carbons (Fsp3) is 0.200. The van der Waals surface area contributed by atoms with Crippen molar-refractivity contribution in [3.63, 3.8) is 0 Å². The lowest BCUT2D eigenvalue weighted by molar-refractivity contribution is 0.0708. The highest BCUT2D eigenvalue weighted by Gasteiger charge is 2.21. The molecule has 1 N–H and O–H groups in total. The van der Waals surface area contributed by atoms with Gasteiger partial charge in [0.2, 0.25) is 0 Å². The number of hydrogen-bond donors (Lipinski definition) is 1. The molecule has 6 heteroatoms. The van der Waals surface area contributed by atoms with Gasteiger partial charge in [-0.1, -0.05) is 35.3 Å². The Morgan fingerprint density at radius 1 is 1.19 bits per heavy atom. The smallest absolute Gasteiger partial charge is 0.257 e. The molecule has 1 aromatic heterocycles. The molecule has 0 fully saturated rings. The Morgan fingerprint density at radius 2 is 1.90 bits per heavy atom. The average molecular weight is 325 g/mol. The molecule has 21 heavy (non-hydrogen) atoms. The Balaban J connectivity index is 2.27. The van der Waals surface area contributed by atoms with Crippen LogP contribution in [0.4, 0.5) is 0 Å². The van der Waals surface area contributed by atoms with E-state index in [1.165, 1.54) is 4.90 Å². The van der Waals surface area contributed by atoms with Gasteiger partial charge in [-0.15, -0.1) is 0 Å². The number of aliphatic hydroxyl groups excluding tert-OH is 1. The van der Waals surface area contributed by atoms with Crippen LogP contribution in [0.15, 0.2) is 42.7 Å². The number of carbonyl (C=O) groups excluding carboxylic acids is 1. The van der Waals surface area contributed by atoms with Gasteiger partial charge >= 0.3 is 0 Å². The zero-order valence-corrected chi connectivity index (χ0v) is 12.7. The molecule has 0 aliphatic carbocycles. The van der Waals surface area contributed by atoms with Crippen molar-refractivity contribution in [2.45, 2.75) is 6.54 Å². The Morgan fingerprint density at radius 3 is 2.48 bits per heavy atom. The van der Waals surface area contributed by atoms with E-state index in [-0.39, 0.29) is 24.6 Å². The standard InChI is InChI=1S/C15H14Cl2N2O2/c16-12-4-1-5-13(17)14(12)15(21)19(7-8-20)10-11-3-2-6-18-9-11/h1-6,9,20H,7-8,10H2. The first-order valence-corrected chi connectivity index (χ1v) is 7.12. The average Bonchev–Trinajstić information content (AvgIpc) is 2.47. The normalized spacial score (nSPS) is 10.4. The number of amides is 1. The number of nitrogens with zero attached hydrogens (tertiary/aromatic N) is 2. The third-order valence-corrected chi connectivity index (χ3v) is 3.56. The summed E-state index contributed by atoms with van der Waals surface area (Å²) in [6.07, 6.45) is 3.33. The second kappa shape index (κ2) is 7.41. The quantitative estimate of drug-likeness (QED) is 0.919. The first-order chi connectivity index (χ1) is 10.1. The minimum atomic E-state index is -0.316. The van der Waals surface area contributed by atoms with Crippen LogP contribution in [0.3, 0.4) is 0 Å². The van der Waals surface area contributed by atoms with Crippen molar-refractivity contribution in [1.29, 1.82) is 0 Å². The Labute approximate surface area is 132 Å². The van der Waals surface area contributed by atoms with Gasteiger partial charge in [0.15, 0.2) is 0 Å². The summed E-state index contributed by atoms with van der Waals surface area (Å²) in [4.78, 5) is 18.1. The van der Waals surface area contributed by atoms with Crippen LogP contribution in [-0.2, 0) is 6.54 Å². The van der Waals surface area contributed by atoms with Gasteiger partial charge < -0.3 is 10.0 Å². The van der Waals surface area contributed by atoms with Crippen molar-refractivity contribution in [2.24, 2.45) is 0 Å². The first kappa shape index (κ1) is 15.8. The molecule has 1 heterocycles. The summed E-state index contributed by atoms with van der Waals surface area (Å²) in [7, 11) is 0. The second-order valence-corrected chi connectivity index (χ2v) is 5.22.